The first kappa shape index (κ1) is 11.8. The molecule has 0 saturated heterocycles. The van der Waals surface area contributed by atoms with Gasteiger partial charge in [0.15, 0.2) is 0 Å². The first-order chi connectivity index (χ1) is 7.17. The summed E-state index contributed by atoms with van der Waals surface area (Å²) >= 11 is 3.38. The molecule has 0 heterocycles. The molecule has 0 fully saturated rings. The lowest BCUT2D eigenvalue weighted by atomic mass is 10.1. The van der Waals surface area contributed by atoms with E-state index in [2.05, 4.69) is 40.8 Å². The van der Waals surface area contributed by atoms with E-state index in [1.165, 1.54) is 0 Å². The summed E-state index contributed by atoms with van der Waals surface area (Å²) in [5, 5.41) is 12.2. The van der Waals surface area contributed by atoms with Gasteiger partial charge < -0.3 is 5.32 Å². The molecule has 0 aliphatic carbocycles. The van der Waals surface area contributed by atoms with Crippen LogP contribution < -0.4 is 5.32 Å². The predicted molar refractivity (Wildman–Crippen MR) is 66.8 cm³/mol. The van der Waals surface area contributed by atoms with Crippen LogP contribution in [0, 0.1) is 11.3 Å². The van der Waals surface area contributed by atoms with Gasteiger partial charge in [0.25, 0.3) is 0 Å². The third kappa shape index (κ3) is 3.41. The van der Waals surface area contributed by atoms with Crippen LogP contribution in [0.4, 0.5) is 5.69 Å². The number of nitrogens with one attached hydrogen (secondary N) is 1. The van der Waals surface area contributed by atoms with Crippen molar-refractivity contribution in [1.82, 2.24) is 0 Å². The Hall–Kier alpha value is -1.27. The molecule has 0 aliphatic heterocycles. The van der Waals surface area contributed by atoms with Crippen LogP contribution in [0.25, 0.3) is 0 Å². The molecule has 1 unspecified atom stereocenters. The van der Waals surface area contributed by atoms with E-state index < -0.39 is 0 Å². The number of halogens is 1. The number of nitrogens with zero attached hydrogens (tertiary/aromatic N) is 1. The van der Waals surface area contributed by atoms with Gasteiger partial charge in [-0.1, -0.05) is 22.0 Å². The smallest absolute Gasteiger partial charge is 0.101 e. The Morgan fingerprint density at radius 2 is 2.40 bits per heavy atom. The van der Waals surface area contributed by atoms with Crippen molar-refractivity contribution in [2.45, 2.75) is 19.4 Å². The number of anilines is 1. The Bertz CT molecular complexity index is 393. The Labute approximate surface area is 98.7 Å². The van der Waals surface area contributed by atoms with Crippen LogP contribution in [0.3, 0.4) is 0 Å². The van der Waals surface area contributed by atoms with Gasteiger partial charge >= 0.3 is 0 Å². The fourth-order valence-corrected chi connectivity index (χ4v) is 1.67. The van der Waals surface area contributed by atoms with Crippen LogP contribution in [0.1, 0.15) is 18.9 Å². The summed E-state index contributed by atoms with van der Waals surface area (Å²) in [4.78, 5) is 0. The highest BCUT2D eigenvalue weighted by Gasteiger charge is 2.05. The summed E-state index contributed by atoms with van der Waals surface area (Å²) in [7, 11) is 0. The van der Waals surface area contributed by atoms with E-state index in [1.54, 1.807) is 6.07 Å². The van der Waals surface area contributed by atoms with Gasteiger partial charge in [0.1, 0.15) is 6.07 Å². The zero-order valence-electron chi connectivity index (χ0n) is 8.63. The molecule has 0 bridgehead atoms. The third-order valence-electron chi connectivity index (χ3n) is 2.02. The minimum atomic E-state index is 0.281. The summed E-state index contributed by atoms with van der Waals surface area (Å²) in [6, 6.07) is 8.02. The van der Waals surface area contributed by atoms with Gasteiger partial charge in [-0.2, -0.15) is 5.26 Å². The van der Waals surface area contributed by atoms with E-state index in [0.717, 1.165) is 16.6 Å². The van der Waals surface area contributed by atoms with Gasteiger partial charge in [-0.3, -0.25) is 0 Å². The van der Waals surface area contributed by atoms with E-state index in [9.17, 15) is 0 Å². The van der Waals surface area contributed by atoms with Crippen molar-refractivity contribution < 1.29 is 0 Å². The molecule has 0 spiro atoms. The molecule has 1 N–H and O–H groups in total. The summed E-state index contributed by atoms with van der Waals surface area (Å²) in [5.74, 6) is 0. The number of nitriles is 1. The first-order valence-electron chi connectivity index (χ1n) is 4.74. The Morgan fingerprint density at radius 3 is 3.00 bits per heavy atom. The number of rotatable bonds is 4. The average molecular weight is 265 g/mol. The quantitative estimate of drug-likeness (QED) is 0.842. The molecule has 1 aromatic carbocycles. The molecule has 1 atom stereocenters. The molecule has 0 saturated carbocycles. The normalized spacial score (nSPS) is 11.5. The monoisotopic (exact) mass is 264 g/mol. The molecule has 15 heavy (non-hydrogen) atoms. The standard InChI is InChI=1S/C12H13BrN2/c1-3-4-9(2)15-12-7-11(13)6-5-10(12)8-14/h3,5-7,9,15H,1,4H2,2H3. The second-order valence-electron chi connectivity index (χ2n) is 3.37. The van der Waals surface area contributed by atoms with Gasteiger partial charge in [-0.25, -0.2) is 0 Å². The van der Waals surface area contributed by atoms with Crippen molar-refractivity contribution in [2.24, 2.45) is 0 Å². The van der Waals surface area contributed by atoms with E-state index in [0.29, 0.717) is 5.56 Å². The lowest BCUT2D eigenvalue weighted by Gasteiger charge is -2.14. The minimum absolute atomic E-state index is 0.281. The molecule has 2 nitrogen and oxygen atoms in total. The third-order valence-corrected chi connectivity index (χ3v) is 2.52. The molecule has 3 heteroatoms. The highest BCUT2D eigenvalue weighted by molar-refractivity contribution is 9.10. The van der Waals surface area contributed by atoms with E-state index >= 15 is 0 Å². The number of hydrogen-bond acceptors (Lipinski definition) is 2. The second kappa shape index (κ2) is 5.57. The SMILES string of the molecule is C=CCC(C)Nc1cc(Br)ccc1C#N. The molecule has 1 rings (SSSR count). The minimum Gasteiger partial charge on any atom is -0.381 e. The lowest BCUT2D eigenvalue weighted by molar-refractivity contribution is 0.813. The Balaban J connectivity index is 2.88. The summed E-state index contributed by atoms with van der Waals surface area (Å²) in [5.41, 5.74) is 1.52. The molecule has 0 aliphatic rings. The van der Waals surface area contributed by atoms with E-state index in [4.69, 9.17) is 5.26 Å². The first-order valence-corrected chi connectivity index (χ1v) is 5.53. The summed E-state index contributed by atoms with van der Waals surface area (Å²) in [6.45, 7) is 5.75. The molecule has 0 aromatic heterocycles. The maximum absolute atomic E-state index is 8.93. The Morgan fingerprint density at radius 1 is 1.67 bits per heavy atom. The van der Waals surface area contributed by atoms with Crippen molar-refractivity contribution in [3.05, 3.63) is 40.9 Å². The van der Waals surface area contributed by atoms with Crippen molar-refractivity contribution in [1.29, 1.82) is 5.26 Å². The van der Waals surface area contributed by atoms with Crippen LogP contribution >= 0.6 is 15.9 Å². The summed E-state index contributed by atoms with van der Waals surface area (Å²) < 4.78 is 0.967. The Kier molecular flexibility index (Phi) is 4.38. The average Bonchev–Trinajstić information content (AvgIpc) is 2.18. The zero-order chi connectivity index (χ0) is 11.3. The molecule has 1 aromatic rings. The lowest BCUT2D eigenvalue weighted by Crippen LogP contribution is -2.14. The van der Waals surface area contributed by atoms with Crippen LogP contribution in [0.5, 0.6) is 0 Å². The van der Waals surface area contributed by atoms with Crippen LogP contribution in [0.2, 0.25) is 0 Å². The molecular weight excluding hydrogens is 252 g/mol. The molecule has 0 amide bonds. The molecule has 78 valence electrons. The highest BCUT2D eigenvalue weighted by Crippen LogP contribution is 2.21. The highest BCUT2D eigenvalue weighted by atomic mass is 79.9. The van der Waals surface area contributed by atoms with Crippen molar-refractivity contribution in [3.63, 3.8) is 0 Å². The number of benzene rings is 1. The second-order valence-corrected chi connectivity index (χ2v) is 4.29. The molecular formula is C12H13BrN2. The fourth-order valence-electron chi connectivity index (χ4n) is 1.31. The number of hydrogen-bond donors (Lipinski definition) is 1. The van der Waals surface area contributed by atoms with Gasteiger partial charge in [-0.15, -0.1) is 6.58 Å². The van der Waals surface area contributed by atoms with Crippen LogP contribution in [-0.4, -0.2) is 6.04 Å². The maximum Gasteiger partial charge on any atom is 0.101 e. The summed E-state index contributed by atoms with van der Waals surface area (Å²) in [6.07, 6.45) is 2.74. The fraction of sp³-hybridized carbons (Fsp3) is 0.250. The molecule has 0 radical (unpaired) electrons. The van der Waals surface area contributed by atoms with Gasteiger partial charge in [-0.05, 0) is 31.5 Å². The predicted octanol–water partition coefficient (Wildman–Crippen LogP) is 3.70. The largest absolute Gasteiger partial charge is 0.381 e. The van der Waals surface area contributed by atoms with Crippen LogP contribution in [-0.2, 0) is 0 Å². The maximum atomic E-state index is 8.93. The van der Waals surface area contributed by atoms with E-state index in [-0.39, 0.29) is 6.04 Å². The van der Waals surface area contributed by atoms with Gasteiger partial charge in [0, 0.05) is 10.5 Å². The topological polar surface area (TPSA) is 35.8 Å². The van der Waals surface area contributed by atoms with E-state index in [1.807, 2.05) is 18.2 Å². The van der Waals surface area contributed by atoms with Crippen molar-refractivity contribution in [3.8, 4) is 6.07 Å². The van der Waals surface area contributed by atoms with Gasteiger partial charge in [0.05, 0.1) is 11.3 Å². The van der Waals surface area contributed by atoms with Gasteiger partial charge in [0.2, 0.25) is 0 Å². The zero-order valence-corrected chi connectivity index (χ0v) is 10.2. The van der Waals surface area contributed by atoms with Crippen LogP contribution in [0.15, 0.2) is 35.3 Å². The van der Waals surface area contributed by atoms with Crippen molar-refractivity contribution >= 4 is 21.6 Å². The van der Waals surface area contributed by atoms with Crippen molar-refractivity contribution in [2.75, 3.05) is 5.32 Å².